The molecule has 1 heterocycles. The number of nitrogens with zero attached hydrogens (tertiary/aromatic N) is 1. The van der Waals surface area contributed by atoms with Crippen LogP contribution in [0.15, 0.2) is 22.6 Å². The highest BCUT2D eigenvalue weighted by Gasteiger charge is 2.13. The molecule has 2 aromatic rings. The lowest BCUT2D eigenvalue weighted by Crippen LogP contribution is -2.11. The van der Waals surface area contributed by atoms with E-state index >= 15 is 0 Å². The molecule has 1 atom stereocenters. The number of oxazole rings is 1. The van der Waals surface area contributed by atoms with Crippen molar-refractivity contribution in [2.45, 2.75) is 6.10 Å². The lowest BCUT2D eigenvalue weighted by molar-refractivity contribution is 0.154. The molecule has 0 saturated heterocycles. The summed E-state index contributed by atoms with van der Waals surface area (Å²) < 4.78 is 17.9. The molecular weight excluding hydrogens is 187 g/mol. The third-order valence-electron chi connectivity index (χ3n) is 1.88. The van der Waals surface area contributed by atoms with Crippen molar-refractivity contribution in [1.82, 2.24) is 4.98 Å². The second-order valence-electron chi connectivity index (χ2n) is 2.92. The Kier molecular flexibility index (Phi) is 2.18. The van der Waals surface area contributed by atoms with Crippen LogP contribution in [-0.4, -0.2) is 16.6 Å². The van der Waals surface area contributed by atoms with Crippen molar-refractivity contribution in [3.8, 4) is 0 Å². The molecule has 2 rings (SSSR count). The fraction of sp³-hybridized carbons (Fsp3) is 0.222. The van der Waals surface area contributed by atoms with Crippen molar-refractivity contribution in [1.29, 1.82) is 0 Å². The fourth-order valence-electron chi connectivity index (χ4n) is 1.16. The molecule has 1 aromatic heterocycles. The maximum absolute atomic E-state index is 12.8. The van der Waals surface area contributed by atoms with Crippen molar-refractivity contribution in [3.05, 3.63) is 29.9 Å². The van der Waals surface area contributed by atoms with E-state index in [1.807, 2.05) is 0 Å². The Bertz CT molecular complexity index is 455. The third kappa shape index (κ3) is 1.47. The first kappa shape index (κ1) is 9.11. The monoisotopic (exact) mass is 196 g/mol. The van der Waals surface area contributed by atoms with Crippen LogP contribution in [-0.2, 0) is 0 Å². The fourth-order valence-corrected chi connectivity index (χ4v) is 1.16. The molecule has 0 radical (unpaired) electrons. The van der Waals surface area contributed by atoms with E-state index in [1.54, 1.807) is 0 Å². The van der Waals surface area contributed by atoms with E-state index in [1.165, 1.54) is 18.2 Å². The van der Waals surface area contributed by atoms with E-state index in [0.717, 1.165) is 0 Å². The summed E-state index contributed by atoms with van der Waals surface area (Å²) >= 11 is 0. The number of benzene rings is 1. The third-order valence-corrected chi connectivity index (χ3v) is 1.88. The molecule has 4 nitrogen and oxygen atoms in total. The van der Waals surface area contributed by atoms with Gasteiger partial charge in [-0.1, -0.05) is 0 Å². The van der Waals surface area contributed by atoms with Crippen LogP contribution in [0, 0.1) is 5.82 Å². The van der Waals surface area contributed by atoms with Crippen LogP contribution in [0.2, 0.25) is 0 Å². The number of aliphatic hydroxyl groups excluding tert-OH is 1. The molecule has 0 fully saturated rings. The molecule has 0 amide bonds. The number of rotatable bonds is 2. The Hall–Kier alpha value is -1.46. The standard InChI is InChI=1S/C9H9FN2O2/c10-5-1-2-6-8(3-5)14-9(12-6)7(13)4-11/h1-3,7,13H,4,11H2. The van der Waals surface area contributed by atoms with E-state index in [4.69, 9.17) is 10.2 Å². The van der Waals surface area contributed by atoms with E-state index < -0.39 is 11.9 Å². The Balaban J connectivity index is 2.51. The Morgan fingerprint density at radius 2 is 2.36 bits per heavy atom. The molecule has 0 saturated carbocycles. The summed E-state index contributed by atoms with van der Waals surface area (Å²) in [6, 6.07) is 3.99. The van der Waals surface area contributed by atoms with Crippen molar-refractivity contribution in [2.24, 2.45) is 5.73 Å². The zero-order valence-electron chi connectivity index (χ0n) is 7.27. The zero-order chi connectivity index (χ0) is 10.1. The topological polar surface area (TPSA) is 72.3 Å². The summed E-state index contributed by atoms with van der Waals surface area (Å²) in [5.74, 6) is -0.282. The Morgan fingerprint density at radius 3 is 3.07 bits per heavy atom. The smallest absolute Gasteiger partial charge is 0.225 e. The average Bonchev–Trinajstić information content (AvgIpc) is 2.59. The number of hydrogen-bond donors (Lipinski definition) is 2. The van der Waals surface area contributed by atoms with Crippen molar-refractivity contribution in [2.75, 3.05) is 6.54 Å². The molecule has 0 spiro atoms. The quantitative estimate of drug-likeness (QED) is 0.750. The van der Waals surface area contributed by atoms with Gasteiger partial charge in [0.1, 0.15) is 17.4 Å². The Labute approximate surface area is 79.2 Å². The van der Waals surface area contributed by atoms with Gasteiger partial charge in [0.05, 0.1) is 0 Å². The second-order valence-corrected chi connectivity index (χ2v) is 2.92. The minimum Gasteiger partial charge on any atom is -0.438 e. The first-order valence-electron chi connectivity index (χ1n) is 4.15. The van der Waals surface area contributed by atoms with Crippen LogP contribution in [0.25, 0.3) is 11.1 Å². The summed E-state index contributed by atoms with van der Waals surface area (Å²) in [4.78, 5) is 3.96. The van der Waals surface area contributed by atoms with Crippen LogP contribution >= 0.6 is 0 Å². The minimum atomic E-state index is -0.939. The lowest BCUT2D eigenvalue weighted by Gasteiger charge is -1.99. The van der Waals surface area contributed by atoms with E-state index in [-0.39, 0.29) is 12.4 Å². The molecule has 1 aromatic carbocycles. The highest BCUT2D eigenvalue weighted by Crippen LogP contribution is 2.20. The number of halogens is 1. The van der Waals surface area contributed by atoms with Gasteiger partial charge in [0.2, 0.25) is 5.89 Å². The molecule has 14 heavy (non-hydrogen) atoms. The number of hydrogen-bond acceptors (Lipinski definition) is 4. The summed E-state index contributed by atoms with van der Waals surface area (Å²) in [5, 5.41) is 9.32. The first-order valence-corrected chi connectivity index (χ1v) is 4.15. The first-order chi connectivity index (χ1) is 6.70. The van der Waals surface area contributed by atoms with Gasteiger partial charge < -0.3 is 15.3 Å². The van der Waals surface area contributed by atoms with Gasteiger partial charge in [-0.2, -0.15) is 0 Å². The molecule has 0 aliphatic carbocycles. The van der Waals surface area contributed by atoms with Crippen LogP contribution in [0.3, 0.4) is 0 Å². The molecule has 5 heteroatoms. The van der Waals surface area contributed by atoms with Crippen LogP contribution in [0.5, 0.6) is 0 Å². The van der Waals surface area contributed by atoms with Gasteiger partial charge in [0.15, 0.2) is 5.58 Å². The highest BCUT2D eigenvalue weighted by molar-refractivity contribution is 5.72. The van der Waals surface area contributed by atoms with Crippen molar-refractivity contribution >= 4 is 11.1 Å². The van der Waals surface area contributed by atoms with E-state index in [9.17, 15) is 9.50 Å². The van der Waals surface area contributed by atoms with Crippen LogP contribution in [0.1, 0.15) is 12.0 Å². The van der Waals surface area contributed by atoms with Gasteiger partial charge in [-0.25, -0.2) is 9.37 Å². The largest absolute Gasteiger partial charge is 0.438 e. The molecule has 0 aliphatic heterocycles. The van der Waals surface area contributed by atoms with Gasteiger partial charge >= 0.3 is 0 Å². The molecular formula is C9H9FN2O2. The van der Waals surface area contributed by atoms with Gasteiger partial charge in [-0.3, -0.25) is 0 Å². The van der Waals surface area contributed by atoms with Crippen LogP contribution < -0.4 is 5.73 Å². The zero-order valence-corrected chi connectivity index (χ0v) is 7.27. The summed E-state index contributed by atoms with van der Waals surface area (Å²) in [6.45, 7) is 0.0231. The highest BCUT2D eigenvalue weighted by atomic mass is 19.1. The minimum absolute atomic E-state index is 0.0231. The predicted molar refractivity (Wildman–Crippen MR) is 48.0 cm³/mol. The van der Waals surface area contributed by atoms with Crippen molar-refractivity contribution in [3.63, 3.8) is 0 Å². The summed E-state index contributed by atoms with van der Waals surface area (Å²) in [5.41, 5.74) is 6.05. The van der Waals surface area contributed by atoms with Gasteiger partial charge in [0.25, 0.3) is 0 Å². The van der Waals surface area contributed by atoms with Gasteiger partial charge in [-0.15, -0.1) is 0 Å². The van der Waals surface area contributed by atoms with Crippen LogP contribution in [0.4, 0.5) is 4.39 Å². The summed E-state index contributed by atoms with van der Waals surface area (Å²) in [7, 11) is 0. The number of aliphatic hydroxyl groups is 1. The summed E-state index contributed by atoms with van der Waals surface area (Å²) in [6.07, 6.45) is -0.939. The average molecular weight is 196 g/mol. The maximum Gasteiger partial charge on any atom is 0.225 e. The predicted octanol–water partition coefficient (Wildman–Crippen LogP) is 0.959. The normalized spacial score (nSPS) is 13.4. The van der Waals surface area contributed by atoms with Crippen molar-refractivity contribution < 1.29 is 13.9 Å². The maximum atomic E-state index is 12.8. The molecule has 74 valence electrons. The molecule has 1 unspecified atom stereocenters. The van der Waals surface area contributed by atoms with E-state index in [0.29, 0.717) is 11.1 Å². The number of aromatic nitrogens is 1. The lowest BCUT2D eigenvalue weighted by atomic mass is 10.3. The Morgan fingerprint density at radius 1 is 1.57 bits per heavy atom. The molecule has 0 aliphatic rings. The van der Waals surface area contributed by atoms with Gasteiger partial charge in [0, 0.05) is 12.6 Å². The SMILES string of the molecule is NCC(O)c1nc2ccc(F)cc2o1. The van der Waals surface area contributed by atoms with E-state index in [2.05, 4.69) is 4.98 Å². The second kappa shape index (κ2) is 3.36. The number of nitrogens with two attached hydrogens (primary N) is 1. The number of fused-ring (bicyclic) bond motifs is 1. The van der Waals surface area contributed by atoms with Gasteiger partial charge in [-0.05, 0) is 12.1 Å². The molecule has 0 bridgehead atoms. The molecule has 3 N–H and O–H groups in total.